The average molecular weight is 256 g/mol. The summed E-state index contributed by atoms with van der Waals surface area (Å²) < 4.78 is 10.6. The van der Waals surface area contributed by atoms with Crippen LogP contribution in [0.25, 0.3) is 0 Å². The van der Waals surface area contributed by atoms with Crippen LogP contribution in [0.2, 0.25) is 0 Å². The number of piperazine rings is 1. The van der Waals surface area contributed by atoms with Gasteiger partial charge >= 0.3 is 5.97 Å². The summed E-state index contributed by atoms with van der Waals surface area (Å²) >= 11 is 0. The number of hydrogen-bond donors (Lipinski definition) is 0. The van der Waals surface area contributed by atoms with Gasteiger partial charge in [0.25, 0.3) is 0 Å². The molecule has 2 saturated heterocycles. The maximum Gasteiger partial charge on any atom is 0.323 e. The van der Waals surface area contributed by atoms with Gasteiger partial charge in [-0.05, 0) is 13.8 Å². The summed E-state index contributed by atoms with van der Waals surface area (Å²) in [4.78, 5) is 16.3. The lowest BCUT2D eigenvalue weighted by Gasteiger charge is -2.36. The number of rotatable bonds is 5. The van der Waals surface area contributed by atoms with Crippen molar-refractivity contribution in [3.05, 3.63) is 0 Å². The predicted molar refractivity (Wildman–Crippen MR) is 68.5 cm³/mol. The van der Waals surface area contributed by atoms with Crippen LogP contribution in [0, 0.1) is 0 Å². The van der Waals surface area contributed by atoms with E-state index in [9.17, 15) is 4.79 Å². The van der Waals surface area contributed by atoms with E-state index in [0.29, 0.717) is 0 Å². The third-order valence-electron chi connectivity index (χ3n) is 3.75. The Morgan fingerprint density at radius 3 is 2.61 bits per heavy atom. The van der Waals surface area contributed by atoms with Crippen molar-refractivity contribution < 1.29 is 14.3 Å². The molecule has 5 heteroatoms. The first-order valence-electron chi connectivity index (χ1n) is 6.95. The van der Waals surface area contributed by atoms with Gasteiger partial charge < -0.3 is 9.47 Å². The largest absolute Gasteiger partial charge is 0.461 e. The Kier molecular flexibility index (Phi) is 4.97. The lowest BCUT2D eigenvalue weighted by molar-refractivity contribution is -0.145. The minimum absolute atomic E-state index is 0.00552. The van der Waals surface area contributed by atoms with Gasteiger partial charge in [-0.1, -0.05) is 0 Å². The van der Waals surface area contributed by atoms with Gasteiger partial charge in [-0.2, -0.15) is 0 Å². The second-order valence-corrected chi connectivity index (χ2v) is 5.07. The summed E-state index contributed by atoms with van der Waals surface area (Å²) in [5, 5.41) is 0. The molecule has 18 heavy (non-hydrogen) atoms. The highest BCUT2D eigenvalue weighted by Gasteiger charge is 2.37. The van der Waals surface area contributed by atoms with E-state index in [1.807, 2.05) is 13.8 Å². The van der Waals surface area contributed by atoms with Crippen molar-refractivity contribution in [3.63, 3.8) is 0 Å². The van der Waals surface area contributed by atoms with Crippen LogP contribution in [0.1, 0.15) is 20.3 Å². The normalized spacial score (nSPS) is 30.7. The Hall–Kier alpha value is -0.650. The molecule has 2 rings (SSSR count). The van der Waals surface area contributed by atoms with Gasteiger partial charge in [0.15, 0.2) is 0 Å². The standard InChI is InChI=1S/C13H24N2O3/c1-3-17-9-8-14-4-6-15(7-5-14)12-10-11(2)18-13(12)16/h11-12H,3-10H2,1-2H3/t11-,12+/m1/s1. The minimum atomic E-state index is -0.0368. The molecule has 0 bridgehead atoms. The van der Waals surface area contributed by atoms with Crippen molar-refractivity contribution in [1.29, 1.82) is 0 Å². The molecule has 2 heterocycles. The number of ether oxygens (including phenoxy) is 2. The molecule has 0 aliphatic carbocycles. The van der Waals surface area contributed by atoms with E-state index >= 15 is 0 Å². The van der Waals surface area contributed by atoms with Crippen LogP contribution in [-0.2, 0) is 14.3 Å². The molecular weight excluding hydrogens is 232 g/mol. The van der Waals surface area contributed by atoms with Gasteiger partial charge in [0.2, 0.25) is 0 Å². The topological polar surface area (TPSA) is 42.0 Å². The zero-order valence-corrected chi connectivity index (χ0v) is 11.4. The van der Waals surface area contributed by atoms with Gasteiger partial charge in [0, 0.05) is 45.8 Å². The highest BCUT2D eigenvalue weighted by atomic mass is 16.6. The number of esters is 1. The fraction of sp³-hybridized carbons (Fsp3) is 0.923. The molecule has 2 aliphatic heterocycles. The van der Waals surface area contributed by atoms with E-state index in [0.717, 1.165) is 52.4 Å². The maximum atomic E-state index is 11.7. The first kappa shape index (κ1) is 13.8. The van der Waals surface area contributed by atoms with Crippen LogP contribution >= 0.6 is 0 Å². The van der Waals surface area contributed by atoms with Gasteiger partial charge in [0.1, 0.15) is 12.1 Å². The molecule has 0 spiro atoms. The molecule has 0 unspecified atom stereocenters. The molecule has 0 aromatic carbocycles. The molecule has 0 saturated carbocycles. The summed E-state index contributed by atoms with van der Waals surface area (Å²) in [6.45, 7) is 10.5. The maximum absolute atomic E-state index is 11.7. The Bertz CT molecular complexity index is 277. The lowest BCUT2D eigenvalue weighted by Crippen LogP contribution is -2.52. The van der Waals surface area contributed by atoms with Crippen LogP contribution in [0.3, 0.4) is 0 Å². The van der Waals surface area contributed by atoms with Crippen molar-refractivity contribution in [2.75, 3.05) is 45.9 Å². The van der Waals surface area contributed by atoms with E-state index in [1.165, 1.54) is 0 Å². The van der Waals surface area contributed by atoms with E-state index in [-0.39, 0.29) is 18.1 Å². The van der Waals surface area contributed by atoms with Crippen molar-refractivity contribution in [2.24, 2.45) is 0 Å². The fourth-order valence-electron chi connectivity index (χ4n) is 2.67. The fourth-order valence-corrected chi connectivity index (χ4v) is 2.67. The Morgan fingerprint density at radius 2 is 2.06 bits per heavy atom. The van der Waals surface area contributed by atoms with Crippen LogP contribution in [-0.4, -0.2) is 73.9 Å². The zero-order chi connectivity index (χ0) is 13.0. The number of carbonyl (C=O) groups excluding carboxylic acids is 1. The molecule has 104 valence electrons. The Morgan fingerprint density at radius 1 is 1.33 bits per heavy atom. The van der Waals surface area contributed by atoms with Gasteiger partial charge in [-0.3, -0.25) is 14.6 Å². The van der Waals surface area contributed by atoms with E-state index < -0.39 is 0 Å². The summed E-state index contributed by atoms with van der Waals surface area (Å²) in [6.07, 6.45) is 0.927. The van der Waals surface area contributed by atoms with E-state index in [2.05, 4.69) is 9.80 Å². The van der Waals surface area contributed by atoms with Gasteiger partial charge in [-0.15, -0.1) is 0 Å². The van der Waals surface area contributed by atoms with Gasteiger partial charge in [-0.25, -0.2) is 0 Å². The van der Waals surface area contributed by atoms with Crippen molar-refractivity contribution in [2.45, 2.75) is 32.4 Å². The summed E-state index contributed by atoms with van der Waals surface area (Å²) in [6, 6.07) is -0.00552. The molecular formula is C13H24N2O3. The second kappa shape index (κ2) is 6.50. The van der Waals surface area contributed by atoms with Crippen molar-refractivity contribution in [3.8, 4) is 0 Å². The third-order valence-corrected chi connectivity index (χ3v) is 3.75. The Balaban J connectivity index is 1.71. The molecule has 0 aromatic rings. The molecule has 5 nitrogen and oxygen atoms in total. The first-order chi connectivity index (χ1) is 8.70. The van der Waals surface area contributed by atoms with E-state index in [1.54, 1.807) is 0 Å². The molecule has 0 amide bonds. The second-order valence-electron chi connectivity index (χ2n) is 5.07. The van der Waals surface area contributed by atoms with E-state index in [4.69, 9.17) is 9.47 Å². The SMILES string of the molecule is CCOCCN1CCN([C@H]2C[C@@H](C)OC2=O)CC1. The quantitative estimate of drug-likeness (QED) is 0.524. The molecule has 2 atom stereocenters. The average Bonchev–Trinajstić information content (AvgIpc) is 2.70. The van der Waals surface area contributed by atoms with Crippen molar-refractivity contribution >= 4 is 5.97 Å². The third kappa shape index (κ3) is 3.43. The number of nitrogens with zero attached hydrogens (tertiary/aromatic N) is 2. The highest BCUT2D eigenvalue weighted by Crippen LogP contribution is 2.20. The summed E-state index contributed by atoms with van der Waals surface area (Å²) in [7, 11) is 0. The molecule has 2 fully saturated rings. The highest BCUT2D eigenvalue weighted by molar-refractivity contribution is 5.78. The Labute approximate surface area is 109 Å². The lowest BCUT2D eigenvalue weighted by atomic mass is 10.1. The molecule has 0 radical (unpaired) electrons. The summed E-state index contributed by atoms with van der Waals surface area (Å²) in [5.41, 5.74) is 0. The van der Waals surface area contributed by atoms with Crippen LogP contribution < -0.4 is 0 Å². The summed E-state index contributed by atoms with van der Waals surface area (Å²) in [5.74, 6) is -0.0368. The van der Waals surface area contributed by atoms with Crippen LogP contribution in [0.5, 0.6) is 0 Å². The van der Waals surface area contributed by atoms with Crippen LogP contribution in [0.15, 0.2) is 0 Å². The van der Waals surface area contributed by atoms with Crippen molar-refractivity contribution in [1.82, 2.24) is 9.80 Å². The first-order valence-corrected chi connectivity index (χ1v) is 6.95. The molecule has 2 aliphatic rings. The van der Waals surface area contributed by atoms with Gasteiger partial charge in [0.05, 0.1) is 6.61 Å². The minimum Gasteiger partial charge on any atom is -0.461 e. The predicted octanol–water partition coefficient (Wildman–Crippen LogP) is 0.345. The zero-order valence-electron chi connectivity index (χ0n) is 11.4. The smallest absolute Gasteiger partial charge is 0.323 e. The molecule has 0 N–H and O–H groups in total. The monoisotopic (exact) mass is 256 g/mol. The number of hydrogen-bond acceptors (Lipinski definition) is 5. The molecule has 0 aromatic heterocycles. The van der Waals surface area contributed by atoms with Crippen LogP contribution in [0.4, 0.5) is 0 Å². The number of carbonyl (C=O) groups is 1. The number of cyclic esters (lactones) is 1.